The Labute approximate surface area is 176 Å². The molecule has 0 atom stereocenters. The summed E-state index contributed by atoms with van der Waals surface area (Å²) in [5.41, 5.74) is 0.313. The molecule has 0 amide bonds. The van der Waals surface area contributed by atoms with Crippen LogP contribution in [0.1, 0.15) is 16.7 Å². The molecule has 3 rings (SSSR count). The highest BCUT2D eigenvalue weighted by molar-refractivity contribution is 7.80. The molecular weight excluding hydrogens is 388 g/mol. The quantitative estimate of drug-likeness (QED) is 0.448. The van der Waals surface area contributed by atoms with Gasteiger partial charge in [0.25, 0.3) is 0 Å². The zero-order valence-corrected chi connectivity index (χ0v) is 17.7. The summed E-state index contributed by atoms with van der Waals surface area (Å²) in [5, 5.41) is 12.1. The van der Waals surface area contributed by atoms with Crippen molar-refractivity contribution in [2.24, 2.45) is 0 Å². The molecule has 0 saturated carbocycles. The molecular formula is C23H24O5S. The third kappa shape index (κ3) is 3.73. The van der Waals surface area contributed by atoms with Crippen LogP contribution < -0.4 is 18.9 Å². The molecule has 0 aromatic heterocycles. The first-order chi connectivity index (χ1) is 14.0. The van der Waals surface area contributed by atoms with Crippen molar-refractivity contribution in [2.75, 3.05) is 28.4 Å². The number of methoxy groups -OCH3 is 4. The average molecular weight is 413 g/mol. The molecule has 0 aliphatic carbocycles. The fourth-order valence-electron chi connectivity index (χ4n) is 3.38. The van der Waals surface area contributed by atoms with Crippen molar-refractivity contribution in [1.82, 2.24) is 0 Å². The molecule has 29 heavy (non-hydrogen) atoms. The maximum atomic E-state index is 12.1. The van der Waals surface area contributed by atoms with Gasteiger partial charge in [-0.2, -0.15) is 0 Å². The lowest BCUT2D eigenvalue weighted by Gasteiger charge is -2.32. The fraction of sp³-hybridized carbons (Fsp3) is 0.217. The van der Waals surface area contributed by atoms with E-state index < -0.39 is 5.60 Å². The van der Waals surface area contributed by atoms with Crippen LogP contribution in [0, 0.1) is 0 Å². The van der Waals surface area contributed by atoms with Gasteiger partial charge in [0.15, 0.2) is 23.0 Å². The third-order valence-corrected chi connectivity index (χ3v) is 5.29. The molecule has 1 N–H and O–H groups in total. The van der Waals surface area contributed by atoms with Crippen LogP contribution in [-0.2, 0) is 5.60 Å². The van der Waals surface area contributed by atoms with Crippen LogP contribution in [0.2, 0.25) is 0 Å². The van der Waals surface area contributed by atoms with Gasteiger partial charge in [-0.15, -0.1) is 12.6 Å². The van der Waals surface area contributed by atoms with Gasteiger partial charge in [0.2, 0.25) is 0 Å². The van der Waals surface area contributed by atoms with Crippen molar-refractivity contribution in [1.29, 1.82) is 0 Å². The first-order valence-electron chi connectivity index (χ1n) is 8.95. The molecule has 3 aromatic carbocycles. The minimum Gasteiger partial charge on any atom is -0.493 e. The zero-order chi connectivity index (χ0) is 21.0. The molecule has 0 fully saturated rings. The first-order valence-corrected chi connectivity index (χ1v) is 9.40. The van der Waals surface area contributed by atoms with Gasteiger partial charge in [0.1, 0.15) is 5.60 Å². The van der Waals surface area contributed by atoms with Crippen LogP contribution >= 0.6 is 12.6 Å². The summed E-state index contributed by atoms with van der Waals surface area (Å²) in [7, 11) is 6.26. The zero-order valence-electron chi connectivity index (χ0n) is 16.8. The molecule has 0 unspecified atom stereocenters. The van der Waals surface area contributed by atoms with E-state index >= 15 is 0 Å². The summed E-state index contributed by atoms with van der Waals surface area (Å²) in [6.07, 6.45) is 0. The standard InChI is InChI=1S/C23H24O5S/c1-25-18-11-9-15(13-20(18)27-3)23(24,17-7-5-6-8-22(17)29)16-10-12-19(26-2)21(14-16)28-4/h5-14,24,29H,1-4H3. The smallest absolute Gasteiger partial charge is 0.161 e. The Balaban J connectivity index is 2.31. The molecule has 0 heterocycles. The maximum Gasteiger partial charge on any atom is 0.161 e. The van der Waals surface area contributed by atoms with Gasteiger partial charge in [-0.1, -0.05) is 30.3 Å². The van der Waals surface area contributed by atoms with Crippen molar-refractivity contribution >= 4 is 12.6 Å². The molecule has 0 radical (unpaired) electrons. The van der Waals surface area contributed by atoms with Crippen LogP contribution in [0.4, 0.5) is 0 Å². The van der Waals surface area contributed by atoms with E-state index in [9.17, 15) is 5.11 Å². The normalized spacial score (nSPS) is 11.1. The van der Waals surface area contributed by atoms with E-state index in [4.69, 9.17) is 18.9 Å². The molecule has 3 aromatic rings. The minimum atomic E-state index is -1.52. The lowest BCUT2D eigenvalue weighted by atomic mass is 9.80. The molecule has 0 spiro atoms. The Kier molecular flexibility index (Phi) is 6.25. The molecule has 6 heteroatoms. The van der Waals surface area contributed by atoms with E-state index in [2.05, 4.69) is 12.6 Å². The van der Waals surface area contributed by atoms with Crippen LogP contribution in [0.15, 0.2) is 65.6 Å². The highest BCUT2D eigenvalue weighted by atomic mass is 32.1. The lowest BCUT2D eigenvalue weighted by Crippen LogP contribution is -2.29. The number of ether oxygens (including phenoxy) is 4. The highest BCUT2D eigenvalue weighted by Crippen LogP contribution is 2.44. The van der Waals surface area contributed by atoms with Crippen LogP contribution in [0.3, 0.4) is 0 Å². The van der Waals surface area contributed by atoms with Gasteiger partial charge in [-0.3, -0.25) is 0 Å². The number of benzene rings is 3. The molecule has 0 bridgehead atoms. The molecule has 152 valence electrons. The monoisotopic (exact) mass is 412 g/mol. The largest absolute Gasteiger partial charge is 0.493 e. The summed E-state index contributed by atoms with van der Waals surface area (Å²) in [6.45, 7) is 0. The van der Waals surface area contributed by atoms with E-state index in [0.29, 0.717) is 44.6 Å². The minimum absolute atomic E-state index is 0.514. The van der Waals surface area contributed by atoms with Gasteiger partial charge in [-0.05, 0) is 41.5 Å². The Hall–Kier alpha value is -2.83. The topological polar surface area (TPSA) is 57.2 Å². The Bertz CT molecular complexity index is 947. The SMILES string of the molecule is COc1ccc(C(O)(c2ccc(OC)c(OC)c2)c2ccccc2S)cc1OC. The summed E-state index contributed by atoms with van der Waals surface area (Å²) < 4.78 is 21.6. The summed E-state index contributed by atoms with van der Waals surface area (Å²) in [4.78, 5) is 0.652. The Morgan fingerprint density at radius 1 is 0.655 bits per heavy atom. The second kappa shape index (κ2) is 8.68. The van der Waals surface area contributed by atoms with E-state index in [1.165, 1.54) is 0 Å². The van der Waals surface area contributed by atoms with Crippen LogP contribution in [0.25, 0.3) is 0 Å². The average Bonchev–Trinajstić information content (AvgIpc) is 2.77. The summed E-state index contributed by atoms with van der Waals surface area (Å²) in [5.74, 6) is 2.18. The second-order valence-electron chi connectivity index (χ2n) is 6.37. The third-order valence-electron chi connectivity index (χ3n) is 4.90. The summed E-state index contributed by atoms with van der Waals surface area (Å²) in [6, 6.07) is 18.1. The summed E-state index contributed by atoms with van der Waals surface area (Å²) >= 11 is 4.59. The van der Waals surface area contributed by atoms with Crippen molar-refractivity contribution in [3.05, 3.63) is 77.4 Å². The second-order valence-corrected chi connectivity index (χ2v) is 6.85. The van der Waals surface area contributed by atoms with Gasteiger partial charge in [0.05, 0.1) is 28.4 Å². The van der Waals surface area contributed by atoms with E-state index in [0.717, 1.165) is 0 Å². The van der Waals surface area contributed by atoms with Gasteiger partial charge in [0, 0.05) is 10.5 Å². The number of aliphatic hydroxyl groups is 1. The molecule has 0 saturated heterocycles. The van der Waals surface area contributed by atoms with Crippen molar-refractivity contribution in [3.63, 3.8) is 0 Å². The maximum absolute atomic E-state index is 12.1. The van der Waals surface area contributed by atoms with Gasteiger partial charge >= 0.3 is 0 Å². The lowest BCUT2D eigenvalue weighted by molar-refractivity contribution is 0.122. The molecule has 0 aliphatic rings. The van der Waals surface area contributed by atoms with Gasteiger partial charge < -0.3 is 24.1 Å². The van der Waals surface area contributed by atoms with Crippen LogP contribution in [-0.4, -0.2) is 33.5 Å². The fourth-order valence-corrected chi connectivity index (χ4v) is 3.70. The number of hydrogen-bond donors (Lipinski definition) is 2. The number of thiol groups is 1. The Morgan fingerprint density at radius 2 is 1.10 bits per heavy atom. The Morgan fingerprint density at radius 3 is 1.52 bits per heavy atom. The van der Waals surface area contributed by atoms with E-state index in [1.54, 1.807) is 64.8 Å². The number of hydrogen-bond acceptors (Lipinski definition) is 6. The predicted octanol–water partition coefficient (Wildman–Crippen LogP) is 4.29. The van der Waals surface area contributed by atoms with Crippen molar-refractivity contribution in [2.45, 2.75) is 10.5 Å². The molecule has 0 aliphatic heterocycles. The van der Waals surface area contributed by atoms with Crippen LogP contribution in [0.5, 0.6) is 23.0 Å². The predicted molar refractivity (Wildman–Crippen MR) is 115 cm³/mol. The number of rotatable bonds is 7. The van der Waals surface area contributed by atoms with E-state index in [-0.39, 0.29) is 0 Å². The van der Waals surface area contributed by atoms with Crippen molar-refractivity contribution in [3.8, 4) is 23.0 Å². The van der Waals surface area contributed by atoms with E-state index in [1.807, 2.05) is 24.3 Å². The van der Waals surface area contributed by atoms with Crippen molar-refractivity contribution < 1.29 is 24.1 Å². The molecule has 5 nitrogen and oxygen atoms in total. The highest BCUT2D eigenvalue weighted by Gasteiger charge is 2.37. The van der Waals surface area contributed by atoms with Gasteiger partial charge in [-0.25, -0.2) is 0 Å². The first kappa shape index (κ1) is 20.9.